The molecule has 6 nitrogen and oxygen atoms in total. The van der Waals surface area contributed by atoms with Crippen molar-refractivity contribution in [3.05, 3.63) is 0 Å². The van der Waals surface area contributed by atoms with Crippen molar-refractivity contribution in [2.45, 2.75) is 84.2 Å². The fourth-order valence-corrected chi connectivity index (χ4v) is 2.50. The van der Waals surface area contributed by atoms with Crippen molar-refractivity contribution in [1.29, 1.82) is 0 Å². The summed E-state index contributed by atoms with van der Waals surface area (Å²) < 4.78 is 10.6. The molecule has 3 atom stereocenters. The second-order valence-electron chi connectivity index (χ2n) is 7.82. The zero-order chi connectivity index (χ0) is 17.1. The highest BCUT2D eigenvalue weighted by molar-refractivity contribution is 5.82. The van der Waals surface area contributed by atoms with E-state index < -0.39 is 35.4 Å². The maximum Gasteiger partial charge on any atom is 0.408 e. The summed E-state index contributed by atoms with van der Waals surface area (Å²) in [5.74, 6) is -0.883. The van der Waals surface area contributed by atoms with E-state index in [4.69, 9.17) is 9.47 Å². The first kappa shape index (κ1) is 18.7. The Bertz CT molecular complexity index is 408. The Kier molecular flexibility index (Phi) is 5.84. The van der Waals surface area contributed by atoms with Gasteiger partial charge in [-0.3, -0.25) is 0 Å². The lowest BCUT2D eigenvalue weighted by atomic mass is 9.96. The Morgan fingerprint density at radius 1 is 1.05 bits per heavy atom. The van der Waals surface area contributed by atoms with Crippen LogP contribution in [0.4, 0.5) is 4.79 Å². The van der Waals surface area contributed by atoms with Crippen LogP contribution in [0.5, 0.6) is 0 Å². The molecule has 6 heteroatoms. The molecule has 1 amide bonds. The van der Waals surface area contributed by atoms with Crippen molar-refractivity contribution in [3.63, 3.8) is 0 Å². The third-order valence-electron chi connectivity index (χ3n) is 3.29. The topological polar surface area (TPSA) is 84.9 Å². The van der Waals surface area contributed by atoms with Crippen molar-refractivity contribution in [2.24, 2.45) is 5.92 Å². The number of carbonyl (C=O) groups is 2. The fourth-order valence-electron chi connectivity index (χ4n) is 2.50. The highest BCUT2D eigenvalue weighted by atomic mass is 16.6. The van der Waals surface area contributed by atoms with E-state index >= 15 is 0 Å². The molecule has 1 saturated carbocycles. The molecular weight excluding hydrogens is 286 g/mol. The van der Waals surface area contributed by atoms with Crippen LogP contribution < -0.4 is 5.32 Å². The van der Waals surface area contributed by atoms with E-state index in [1.807, 2.05) is 0 Å². The summed E-state index contributed by atoms with van der Waals surface area (Å²) in [4.78, 5) is 24.4. The van der Waals surface area contributed by atoms with Crippen LogP contribution in [-0.2, 0) is 14.3 Å². The van der Waals surface area contributed by atoms with E-state index in [0.717, 1.165) is 6.42 Å². The van der Waals surface area contributed by atoms with Gasteiger partial charge in [-0.1, -0.05) is 6.42 Å². The molecule has 0 aromatic rings. The molecule has 2 N–H and O–H groups in total. The smallest absolute Gasteiger partial charge is 0.408 e. The SMILES string of the molecule is CC(C)(C)OC(=O)N[C@@H](C(=O)OC(C)(C)C)[C@H]1CCC[C@@H]1O. The van der Waals surface area contributed by atoms with Crippen LogP contribution in [0.15, 0.2) is 0 Å². The van der Waals surface area contributed by atoms with Crippen molar-refractivity contribution in [2.75, 3.05) is 0 Å². The molecule has 0 aliphatic heterocycles. The van der Waals surface area contributed by atoms with Gasteiger partial charge in [-0.2, -0.15) is 0 Å². The summed E-state index contributed by atoms with van der Waals surface area (Å²) >= 11 is 0. The second kappa shape index (κ2) is 6.86. The molecule has 0 unspecified atom stereocenters. The maximum atomic E-state index is 12.4. The molecule has 0 aromatic heterocycles. The summed E-state index contributed by atoms with van der Waals surface area (Å²) in [7, 11) is 0. The van der Waals surface area contributed by atoms with Crippen LogP contribution in [0.25, 0.3) is 0 Å². The number of rotatable bonds is 3. The predicted octanol–water partition coefficient (Wildman–Crippen LogP) is 2.38. The third-order valence-corrected chi connectivity index (χ3v) is 3.29. The molecule has 0 aromatic carbocycles. The van der Waals surface area contributed by atoms with Crippen LogP contribution in [-0.4, -0.2) is 40.5 Å². The van der Waals surface area contributed by atoms with E-state index in [-0.39, 0.29) is 5.92 Å². The van der Waals surface area contributed by atoms with E-state index in [9.17, 15) is 14.7 Å². The molecule has 0 bridgehead atoms. The number of ether oxygens (including phenoxy) is 2. The average molecular weight is 315 g/mol. The lowest BCUT2D eigenvalue weighted by Gasteiger charge is -2.30. The Morgan fingerprint density at radius 2 is 1.59 bits per heavy atom. The standard InChI is InChI=1S/C16H29NO5/c1-15(2,3)21-13(19)12(10-8-7-9-11(10)18)17-14(20)22-16(4,5)6/h10-12,18H,7-9H2,1-6H3,(H,17,20)/t10-,11-,12+/m0/s1. The number of alkyl carbamates (subject to hydrolysis) is 1. The van der Waals surface area contributed by atoms with Crippen molar-refractivity contribution in [1.82, 2.24) is 5.32 Å². The van der Waals surface area contributed by atoms with Gasteiger partial charge in [0.25, 0.3) is 0 Å². The van der Waals surface area contributed by atoms with Gasteiger partial charge in [-0.15, -0.1) is 0 Å². The van der Waals surface area contributed by atoms with E-state index in [1.165, 1.54) is 0 Å². The van der Waals surface area contributed by atoms with E-state index in [1.54, 1.807) is 41.5 Å². The monoisotopic (exact) mass is 315 g/mol. The quantitative estimate of drug-likeness (QED) is 0.781. The van der Waals surface area contributed by atoms with E-state index in [0.29, 0.717) is 12.8 Å². The van der Waals surface area contributed by atoms with Gasteiger partial charge in [0.2, 0.25) is 0 Å². The van der Waals surface area contributed by atoms with Crippen LogP contribution in [0.3, 0.4) is 0 Å². The van der Waals surface area contributed by atoms with E-state index in [2.05, 4.69) is 5.32 Å². The van der Waals surface area contributed by atoms with Crippen LogP contribution in [0.2, 0.25) is 0 Å². The highest BCUT2D eigenvalue weighted by Crippen LogP contribution is 2.30. The minimum absolute atomic E-state index is 0.345. The number of hydrogen-bond donors (Lipinski definition) is 2. The zero-order valence-electron chi connectivity index (χ0n) is 14.4. The summed E-state index contributed by atoms with van der Waals surface area (Å²) in [6, 6.07) is -0.897. The van der Waals surface area contributed by atoms with Crippen LogP contribution >= 0.6 is 0 Å². The highest BCUT2D eigenvalue weighted by Gasteiger charge is 2.40. The Morgan fingerprint density at radius 3 is 2.00 bits per heavy atom. The number of aliphatic hydroxyl groups excluding tert-OH is 1. The molecular formula is C16H29NO5. The van der Waals surface area contributed by atoms with Crippen LogP contribution in [0.1, 0.15) is 60.8 Å². The van der Waals surface area contributed by atoms with Gasteiger partial charge in [-0.25, -0.2) is 9.59 Å². The molecule has 1 aliphatic carbocycles. The molecule has 1 rings (SSSR count). The molecule has 1 fully saturated rings. The molecule has 0 saturated heterocycles. The van der Waals surface area contributed by atoms with Gasteiger partial charge in [0.05, 0.1) is 6.10 Å². The van der Waals surface area contributed by atoms with Gasteiger partial charge in [0, 0.05) is 5.92 Å². The van der Waals surface area contributed by atoms with Gasteiger partial charge < -0.3 is 19.9 Å². The van der Waals surface area contributed by atoms with Crippen molar-refractivity contribution >= 4 is 12.1 Å². The molecule has 0 heterocycles. The third kappa shape index (κ3) is 6.22. The molecule has 0 spiro atoms. The second-order valence-corrected chi connectivity index (χ2v) is 7.82. The largest absolute Gasteiger partial charge is 0.458 e. The lowest BCUT2D eigenvalue weighted by Crippen LogP contribution is -2.51. The minimum Gasteiger partial charge on any atom is -0.458 e. The molecule has 1 aliphatic rings. The Hall–Kier alpha value is -1.30. The van der Waals surface area contributed by atoms with Gasteiger partial charge in [-0.05, 0) is 54.4 Å². The predicted molar refractivity (Wildman–Crippen MR) is 82.4 cm³/mol. The lowest BCUT2D eigenvalue weighted by molar-refractivity contribution is -0.160. The zero-order valence-corrected chi connectivity index (χ0v) is 14.4. The number of hydrogen-bond acceptors (Lipinski definition) is 5. The minimum atomic E-state index is -0.897. The summed E-state index contributed by atoms with van der Waals surface area (Å²) in [6.07, 6.45) is 0.817. The normalized spacial score (nSPS) is 23.8. The van der Waals surface area contributed by atoms with Gasteiger partial charge in [0.15, 0.2) is 0 Å². The summed E-state index contributed by atoms with van der Waals surface area (Å²) in [5.41, 5.74) is -1.31. The molecule has 128 valence electrons. The Balaban J connectivity index is 2.82. The number of nitrogens with one attached hydrogen (secondary N) is 1. The first-order chi connectivity index (χ1) is 9.89. The first-order valence-corrected chi connectivity index (χ1v) is 7.79. The summed E-state index contributed by atoms with van der Waals surface area (Å²) in [5, 5.41) is 12.6. The van der Waals surface area contributed by atoms with Crippen molar-refractivity contribution < 1.29 is 24.2 Å². The number of amides is 1. The molecule has 0 radical (unpaired) electrons. The van der Waals surface area contributed by atoms with Crippen molar-refractivity contribution in [3.8, 4) is 0 Å². The number of aliphatic hydroxyl groups is 1. The average Bonchev–Trinajstić information content (AvgIpc) is 2.67. The first-order valence-electron chi connectivity index (χ1n) is 7.79. The molecule has 22 heavy (non-hydrogen) atoms. The number of esters is 1. The Labute approximate surface area is 132 Å². The van der Waals surface area contributed by atoms with Crippen LogP contribution in [0, 0.1) is 5.92 Å². The van der Waals surface area contributed by atoms with Gasteiger partial charge in [0.1, 0.15) is 17.2 Å². The fraction of sp³-hybridized carbons (Fsp3) is 0.875. The number of carbonyl (C=O) groups excluding carboxylic acids is 2. The maximum absolute atomic E-state index is 12.4. The summed E-state index contributed by atoms with van der Waals surface area (Å²) in [6.45, 7) is 10.5. The van der Waals surface area contributed by atoms with Gasteiger partial charge >= 0.3 is 12.1 Å².